The third kappa shape index (κ3) is 11.6. The highest BCUT2D eigenvalue weighted by Crippen LogP contribution is 2.37. The molecule has 0 aliphatic heterocycles. The minimum Gasteiger partial charge on any atom is -0.379 e. The van der Waals surface area contributed by atoms with Crippen molar-refractivity contribution in [1.29, 1.82) is 0 Å². The van der Waals surface area contributed by atoms with E-state index in [1.165, 1.54) is 30.3 Å². The maximum Gasteiger partial charge on any atom is 0.341 e. The number of hydrogen-bond donors (Lipinski definition) is 1. The first-order chi connectivity index (χ1) is 21.1. The minimum atomic E-state index is -4.27. The molecule has 46 heavy (non-hydrogen) atoms. The summed E-state index contributed by atoms with van der Waals surface area (Å²) in [5.41, 5.74) is -2.79. The Balaban J connectivity index is 2.15. The van der Waals surface area contributed by atoms with Crippen LogP contribution >= 0.6 is 0 Å². The van der Waals surface area contributed by atoms with E-state index in [0.717, 1.165) is 6.42 Å². The molecule has 0 bridgehead atoms. The van der Waals surface area contributed by atoms with Gasteiger partial charge in [-0.2, -0.15) is 8.42 Å². The average Bonchev–Trinajstić information content (AvgIpc) is 2.93. The van der Waals surface area contributed by atoms with Crippen molar-refractivity contribution in [2.24, 2.45) is 16.7 Å². The van der Waals surface area contributed by atoms with Gasteiger partial charge in [0, 0.05) is 24.9 Å². The SMILES string of the molecule is CC(C)(C)OCCCCC(=O)C(C)(C)C(C)(C)OCC(CC(=O)Nc1ccccc1S(=O)(=O)Oc1ccccc1)C(=O)C(C)(C)C. The zero-order valence-electron chi connectivity index (χ0n) is 29.2. The molecule has 0 heterocycles. The molecule has 0 radical (unpaired) electrons. The van der Waals surface area contributed by atoms with E-state index in [2.05, 4.69) is 5.32 Å². The van der Waals surface area contributed by atoms with Crippen LogP contribution in [0.5, 0.6) is 5.75 Å². The molecule has 0 saturated heterocycles. The summed E-state index contributed by atoms with van der Waals surface area (Å²) in [7, 11) is -4.27. The predicted octanol–water partition coefficient (Wildman–Crippen LogP) is 7.39. The summed E-state index contributed by atoms with van der Waals surface area (Å²) in [5, 5.41) is 2.66. The van der Waals surface area contributed by atoms with Crippen molar-refractivity contribution in [2.75, 3.05) is 18.5 Å². The summed E-state index contributed by atoms with van der Waals surface area (Å²) < 4.78 is 43.5. The van der Waals surface area contributed by atoms with Crippen LogP contribution in [0.15, 0.2) is 59.5 Å². The highest BCUT2D eigenvalue weighted by atomic mass is 32.2. The van der Waals surface area contributed by atoms with Crippen molar-refractivity contribution < 1.29 is 36.5 Å². The number of benzene rings is 2. The van der Waals surface area contributed by atoms with E-state index < -0.39 is 38.4 Å². The summed E-state index contributed by atoms with van der Waals surface area (Å²) in [6.07, 6.45) is 1.58. The Morgan fingerprint density at radius 2 is 1.37 bits per heavy atom. The van der Waals surface area contributed by atoms with Gasteiger partial charge in [-0.1, -0.05) is 65.0 Å². The molecule has 2 rings (SSSR count). The Morgan fingerprint density at radius 1 is 0.783 bits per heavy atom. The fourth-order valence-corrected chi connectivity index (χ4v) is 5.69. The topological polar surface area (TPSA) is 125 Å². The van der Waals surface area contributed by atoms with E-state index in [4.69, 9.17) is 13.7 Å². The van der Waals surface area contributed by atoms with Gasteiger partial charge < -0.3 is 19.0 Å². The lowest BCUT2D eigenvalue weighted by atomic mass is 9.72. The Bertz CT molecular complexity index is 1430. The first-order valence-corrected chi connectivity index (χ1v) is 17.2. The highest BCUT2D eigenvalue weighted by molar-refractivity contribution is 7.87. The third-order valence-electron chi connectivity index (χ3n) is 8.10. The highest BCUT2D eigenvalue weighted by Gasteiger charge is 2.44. The zero-order chi connectivity index (χ0) is 35.0. The van der Waals surface area contributed by atoms with Crippen LogP contribution in [0.1, 0.15) is 94.9 Å². The number of para-hydroxylation sites is 2. The molecule has 0 saturated carbocycles. The Hall–Kier alpha value is -3.08. The molecule has 0 fully saturated rings. The molecule has 2 aromatic carbocycles. The second-order valence-corrected chi connectivity index (χ2v) is 16.2. The van der Waals surface area contributed by atoms with Crippen LogP contribution in [0, 0.1) is 16.7 Å². The van der Waals surface area contributed by atoms with Crippen molar-refractivity contribution in [2.45, 2.75) is 111 Å². The second kappa shape index (κ2) is 15.7. The lowest BCUT2D eigenvalue weighted by molar-refractivity contribution is -0.156. The Labute approximate surface area is 275 Å². The minimum absolute atomic E-state index is 0.0336. The number of anilines is 1. The molecule has 1 unspecified atom stereocenters. The molecular weight excluding hydrogens is 606 g/mol. The Kier molecular flexibility index (Phi) is 13.3. The van der Waals surface area contributed by atoms with Crippen LogP contribution in [0.2, 0.25) is 0 Å². The van der Waals surface area contributed by atoms with Gasteiger partial charge in [0.15, 0.2) is 0 Å². The second-order valence-electron chi connectivity index (χ2n) is 14.7. The number of unbranched alkanes of at least 4 members (excludes halogenated alkanes) is 1. The average molecular weight is 660 g/mol. The smallest absolute Gasteiger partial charge is 0.341 e. The quantitative estimate of drug-likeness (QED) is 0.138. The van der Waals surface area contributed by atoms with Crippen molar-refractivity contribution in [1.82, 2.24) is 0 Å². The van der Waals surface area contributed by atoms with E-state index in [1.54, 1.807) is 45.0 Å². The zero-order valence-corrected chi connectivity index (χ0v) is 30.0. The van der Waals surface area contributed by atoms with Gasteiger partial charge in [0.2, 0.25) is 5.91 Å². The first kappa shape index (κ1) is 39.1. The molecule has 1 N–H and O–H groups in total. The third-order valence-corrected chi connectivity index (χ3v) is 9.41. The van der Waals surface area contributed by atoms with Crippen LogP contribution < -0.4 is 9.50 Å². The van der Waals surface area contributed by atoms with Crippen molar-refractivity contribution >= 4 is 33.3 Å². The largest absolute Gasteiger partial charge is 0.379 e. The fraction of sp³-hybridized carbons (Fsp3) is 0.583. The van der Waals surface area contributed by atoms with E-state index in [1.807, 2.05) is 48.5 Å². The van der Waals surface area contributed by atoms with E-state index in [0.29, 0.717) is 19.4 Å². The molecule has 256 valence electrons. The van der Waals surface area contributed by atoms with Crippen LogP contribution in [-0.2, 0) is 34.0 Å². The molecule has 0 aliphatic rings. The Morgan fingerprint density at radius 3 is 1.96 bits per heavy atom. The monoisotopic (exact) mass is 659 g/mol. The molecule has 0 aromatic heterocycles. The van der Waals surface area contributed by atoms with Gasteiger partial charge >= 0.3 is 10.1 Å². The maximum atomic E-state index is 13.5. The number of Topliss-reactive ketones (excluding diaryl/α,β-unsaturated/α-hetero) is 2. The molecule has 10 heteroatoms. The lowest BCUT2D eigenvalue weighted by Gasteiger charge is -2.41. The predicted molar refractivity (Wildman–Crippen MR) is 180 cm³/mol. The van der Waals surface area contributed by atoms with Crippen LogP contribution in [0.3, 0.4) is 0 Å². The van der Waals surface area contributed by atoms with Gasteiger partial charge in [-0.3, -0.25) is 14.4 Å². The van der Waals surface area contributed by atoms with E-state index in [9.17, 15) is 22.8 Å². The van der Waals surface area contributed by atoms with Crippen LogP contribution in [0.4, 0.5) is 5.69 Å². The molecule has 1 atom stereocenters. The fourth-order valence-electron chi connectivity index (χ4n) is 4.60. The molecule has 0 spiro atoms. The number of carbonyl (C=O) groups is 3. The van der Waals surface area contributed by atoms with Crippen LogP contribution in [0.25, 0.3) is 0 Å². The number of nitrogens with one attached hydrogen (secondary N) is 1. The van der Waals surface area contributed by atoms with Gasteiger partial charge in [-0.05, 0) is 71.7 Å². The van der Waals surface area contributed by atoms with Crippen molar-refractivity contribution in [3.8, 4) is 5.75 Å². The number of hydrogen-bond acceptors (Lipinski definition) is 8. The number of ketones is 2. The first-order valence-electron chi connectivity index (χ1n) is 15.8. The molecule has 2 aromatic rings. The van der Waals surface area contributed by atoms with Gasteiger partial charge in [0.1, 0.15) is 22.2 Å². The van der Waals surface area contributed by atoms with Gasteiger partial charge in [0.25, 0.3) is 0 Å². The molecule has 1 amide bonds. The number of carbonyl (C=O) groups excluding carboxylic acids is 3. The standard InChI is InChI=1S/C36H53NO8S/c1-33(2,3)32(40)26(25-44-36(9,10)35(7,8)30(38)22-16-17-23-43-34(4,5)6)24-31(39)37-28-20-14-15-21-29(28)46(41,42)45-27-18-12-11-13-19-27/h11-15,18-21,26H,16-17,22-25H2,1-10H3,(H,37,39). The summed E-state index contributed by atoms with van der Waals surface area (Å²) in [6, 6.07) is 14.0. The number of rotatable bonds is 17. The van der Waals surface area contributed by atoms with E-state index in [-0.39, 0.29) is 46.5 Å². The summed E-state index contributed by atoms with van der Waals surface area (Å²) in [5.74, 6) is -1.41. The summed E-state index contributed by atoms with van der Waals surface area (Å²) in [6.45, 7) is 19.1. The number of ether oxygens (including phenoxy) is 2. The molecule has 9 nitrogen and oxygen atoms in total. The summed E-state index contributed by atoms with van der Waals surface area (Å²) in [4.78, 5) is 39.9. The van der Waals surface area contributed by atoms with Gasteiger partial charge in [-0.15, -0.1) is 0 Å². The normalized spacial score (nSPS) is 13.6. The van der Waals surface area contributed by atoms with Gasteiger partial charge in [0.05, 0.1) is 34.8 Å². The van der Waals surface area contributed by atoms with Crippen molar-refractivity contribution in [3.63, 3.8) is 0 Å². The molecular formula is C36H53NO8S. The van der Waals surface area contributed by atoms with Gasteiger partial charge in [-0.25, -0.2) is 0 Å². The lowest BCUT2D eigenvalue weighted by Crippen LogP contribution is -2.48. The number of amides is 1. The maximum absolute atomic E-state index is 13.5. The van der Waals surface area contributed by atoms with E-state index >= 15 is 0 Å². The van der Waals surface area contributed by atoms with Crippen LogP contribution in [-0.4, -0.2) is 50.3 Å². The van der Waals surface area contributed by atoms with Crippen molar-refractivity contribution in [3.05, 3.63) is 54.6 Å². The molecule has 0 aliphatic carbocycles. The summed E-state index contributed by atoms with van der Waals surface area (Å²) >= 11 is 0.